The quantitative estimate of drug-likeness (QED) is 0.714. The molecule has 0 radical (unpaired) electrons. The molecule has 0 heterocycles. The van der Waals surface area contributed by atoms with Crippen LogP contribution < -0.4 is 0 Å². The van der Waals surface area contributed by atoms with Gasteiger partial charge in [0, 0.05) is 9.85 Å². The monoisotopic (exact) mass is 260 g/mol. The van der Waals surface area contributed by atoms with Crippen molar-refractivity contribution in [1.82, 2.24) is 0 Å². The number of benzene rings is 1. The largest absolute Gasteiger partial charge is 0.123 e. The van der Waals surface area contributed by atoms with Crippen molar-refractivity contribution < 1.29 is 0 Å². The van der Waals surface area contributed by atoms with Gasteiger partial charge < -0.3 is 0 Å². The Morgan fingerprint density at radius 3 is 2.62 bits per heavy atom. The summed E-state index contributed by atoms with van der Waals surface area (Å²) in [6.07, 6.45) is 1.05. The van der Waals surface area contributed by atoms with Crippen LogP contribution in [-0.2, 0) is 6.42 Å². The zero-order valence-electron chi connectivity index (χ0n) is 7.93. The van der Waals surface area contributed by atoms with Gasteiger partial charge in [-0.1, -0.05) is 35.0 Å². The summed E-state index contributed by atoms with van der Waals surface area (Å²) in [5.74, 6) is 0.524. The Morgan fingerprint density at radius 2 is 2.08 bits per heavy atom. The summed E-state index contributed by atoms with van der Waals surface area (Å²) in [6.45, 7) is 4.22. The van der Waals surface area contributed by atoms with Crippen molar-refractivity contribution in [2.75, 3.05) is 0 Å². The van der Waals surface area contributed by atoms with Gasteiger partial charge in [0.1, 0.15) is 0 Å². The lowest BCUT2D eigenvalue weighted by molar-refractivity contribution is 0.568. The molecule has 2 atom stereocenters. The Morgan fingerprint density at radius 1 is 1.38 bits per heavy atom. The molecule has 0 aromatic heterocycles. The first-order valence-electron chi connectivity index (χ1n) is 4.48. The molecule has 1 aromatic rings. The van der Waals surface area contributed by atoms with Crippen molar-refractivity contribution in [1.29, 1.82) is 0 Å². The van der Waals surface area contributed by atoms with E-state index in [4.69, 9.17) is 11.6 Å². The highest BCUT2D eigenvalue weighted by Crippen LogP contribution is 2.18. The van der Waals surface area contributed by atoms with E-state index in [-0.39, 0.29) is 5.38 Å². The Balaban J connectivity index is 2.64. The maximum atomic E-state index is 6.01. The normalized spacial score (nSPS) is 15.4. The molecule has 0 saturated carbocycles. The van der Waals surface area contributed by atoms with Crippen molar-refractivity contribution in [2.24, 2.45) is 5.92 Å². The molecule has 0 nitrogen and oxygen atoms in total. The Hall–Kier alpha value is -0.0100. The molecule has 2 unspecified atom stereocenters. The minimum atomic E-state index is 0.235. The summed E-state index contributed by atoms with van der Waals surface area (Å²) in [5, 5.41) is 0.235. The molecule has 0 bridgehead atoms. The minimum absolute atomic E-state index is 0.235. The molecule has 1 aromatic carbocycles. The predicted molar refractivity (Wildman–Crippen MR) is 62.3 cm³/mol. The lowest BCUT2D eigenvalue weighted by atomic mass is 9.99. The fourth-order valence-electron chi connectivity index (χ4n) is 1.20. The second-order valence-corrected chi connectivity index (χ2v) is 5.09. The van der Waals surface area contributed by atoms with Crippen molar-refractivity contribution >= 4 is 27.5 Å². The second kappa shape index (κ2) is 5.02. The van der Waals surface area contributed by atoms with E-state index >= 15 is 0 Å². The highest BCUT2D eigenvalue weighted by atomic mass is 79.9. The van der Waals surface area contributed by atoms with Gasteiger partial charge in [0.25, 0.3) is 0 Å². The summed E-state index contributed by atoms with van der Waals surface area (Å²) in [7, 11) is 0. The third-order valence-corrected chi connectivity index (χ3v) is 3.15. The van der Waals surface area contributed by atoms with Gasteiger partial charge in [-0.3, -0.25) is 0 Å². The van der Waals surface area contributed by atoms with Crippen LogP contribution >= 0.6 is 27.5 Å². The zero-order chi connectivity index (χ0) is 9.84. The van der Waals surface area contributed by atoms with Crippen LogP contribution in [-0.4, -0.2) is 5.38 Å². The molecule has 0 spiro atoms. The lowest BCUT2D eigenvalue weighted by Gasteiger charge is -2.13. The first-order chi connectivity index (χ1) is 6.09. The SMILES string of the molecule is CC(Cl)C(C)Cc1cccc(Br)c1. The zero-order valence-corrected chi connectivity index (χ0v) is 10.3. The predicted octanol–water partition coefficient (Wildman–Crippen LogP) is 4.26. The van der Waals surface area contributed by atoms with Gasteiger partial charge in [-0.2, -0.15) is 0 Å². The van der Waals surface area contributed by atoms with Gasteiger partial charge >= 0.3 is 0 Å². The molecule has 72 valence electrons. The van der Waals surface area contributed by atoms with Crippen molar-refractivity contribution in [3.05, 3.63) is 34.3 Å². The first-order valence-corrected chi connectivity index (χ1v) is 5.71. The summed E-state index contributed by atoms with van der Waals surface area (Å²) in [5.41, 5.74) is 1.34. The molecule has 0 amide bonds. The van der Waals surface area contributed by atoms with Crippen LogP contribution in [0.25, 0.3) is 0 Å². The van der Waals surface area contributed by atoms with Crippen LogP contribution in [0.4, 0.5) is 0 Å². The van der Waals surface area contributed by atoms with Crippen molar-refractivity contribution in [2.45, 2.75) is 25.6 Å². The van der Waals surface area contributed by atoms with Gasteiger partial charge in [-0.05, 0) is 37.0 Å². The average molecular weight is 262 g/mol. The van der Waals surface area contributed by atoms with E-state index in [1.165, 1.54) is 5.56 Å². The van der Waals surface area contributed by atoms with Crippen LogP contribution in [0.3, 0.4) is 0 Å². The first kappa shape index (κ1) is 11.1. The fraction of sp³-hybridized carbons (Fsp3) is 0.455. The molecule has 2 heteroatoms. The van der Waals surface area contributed by atoms with Gasteiger partial charge in [0.05, 0.1) is 0 Å². The summed E-state index contributed by atoms with van der Waals surface area (Å²) >= 11 is 9.46. The Kier molecular flexibility index (Phi) is 4.27. The van der Waals surface area contributed by atoms with Crippen LogP contribution in [0.2, 0.25) is 0 Å². The average Bonchev–Trinajstić information content (AvgIpc) is 2.04. The molecule has 1 rings (SSSR count). The van der Waals surface area contributed by atoms with Crippen LogP contribution in [0.15, 0.2) is 28.7 Å². The molecule has 0 aliphatic heterocycles. The van der Waals surface area contributed by atoms with Crippen molar-refractivity contribution in [3.63, 3.8) is 0 Å². The van der Waals surface area contributed by atoms with Gasteiger partial charge in [0.2, 0.25) is 0 Å². The van der Waals surface area contributed by atoms with Crippen LogP contribution in [0.1, 0.15) is 19.4 Å². The van der Waals surface area contributed by atoms with E-state index in [0.717, 1.165) is 10.9 Å². The maximum Gasteiger partial charge on any atom is 0.0336 e. The van der Waals surface area contributed by atoms with Gasteiger partial charge in [-0.25, -0.2) is 0 Å². The third kappa shape index (κ3) is 3.70. The molecule has 0 fully saturated rings. The highest BCUT2D eigenvalue weighted by Gasteiger charge is 2.09. The Labute approximate surface area is 93.4 Å². The molecular formula is C11H14BrCl. The molecule has 13 heavy (non-hydrogen) atoms. The van der Waals surface area contributed by atoms with E-state index in [1.54, 1.807) is 0 Å². The minimum Gasteiger partial charge on any atom is -0.123 e. The Bertz CT molecular complexity index is 271. The molecule has 0 N–H and O–H groups in total. The fourth-order valence-corrected chi connectivity index (χ4v) is 1.73. The maximum absolute atomic E-state index is 6.01. The molecular weight excluding hydrogens is 247 g/mol. The standard InChI is InChI=1S/C11H14BrCl/c1-8(9(2)13)6-10-4-3-5-11(12)7-10/h3-5,7-9H,6H2,1-2H3. The molecule has 0 saturated heterocycles. The summed E-state index contributed by atoms with van der Waals surface area (Å²) in [4.78, 5) is 0. The van der Waals surface area contributed by atoms with E-state index < -0.39 is 0 Å². The van der Waals surface area contributed by atoms with E-state index in [1.807, 2.05) is 13.0 Å². The van der Waals surface area contributed by atoms with E-state index in [2.05, 4.69) is 41.1 Å². The van der Waals surface area contributed by atoms with E-state index in [9.17, 15) is 0 Å². The molecule has 0 aliphatic rings. The second-order valence-electron chi connectivity index (χ2n) is 3.49. The van der Waals surface area contributed by atoms with E-state index in [0.29, 0.717) is 5.92 Å². The smallest absolute Gasteiger partial charge is 0.0336 e. The third-order valence-electron chi connectivity index (χ3n) is 2.23. The number of rotatable bonds is 3. The van der Waals surface area contributed by atoms with Crippen LogP contribution in [0.5, 0.6) is 0 Å². The summed E-state index contributed by atoms with van der Waals surface area (Å²) in [6, 6.07) is 8.39. The van der Waals surface area contributed by atoms with Gasteiger partial charge in [-0.15, -0.1) is 11.6 Å². The number of alkyl halides is 1. The number of hydrogen-bond donors (Lipinski definition) is 0. The van der Waals surface area contributed by atoms with Gasteiger partial charge in [0.15, 0.2) is 0 Å². The van der Waals surface area contributed by atoms with Crippen LogP contribution in [0, 0.1) is 5.92 Å². The topological polar surface area (TPSA) is 0 Å². The van der Waals surface area contributed by atoms with Crippen molar-refractivity contribution in [3.8, 4) is 0 Å². The number of hydrogen-bond acceptors (Lipinski definition) is 0. The highest BCUT2D eigenvalue weighted by molar-refractivity contribution is 9.10. The number of halogens is 2. The molecule has 0 aliphatic carbocycles. The lowest BCUT2D eigenvalue weighted by Crippen LogP contribution is -2.09. The summed E-state index contributed by atoms with van der Waals surface area (Å²) < 4.78 is 1.14.